The number of carbonyl (C=O) groups excluding carboxylic acids is 1. The molecule has 1 aliphatic rings. The summed E-state index contributed by atoms with van der Waals surface area (Å²) in [7, 11) is 1.34. The van der Waals surface area contributed by atoms with Crippen molar-refractivity contribution in [2.45, 2.75) is 39.2 Å². The van der Waals surface area contributed by atoms with Crippen LogP contribution in [-0.4, -0.2) is 24.3 Å². The second-order valence-electron chi connectivity index (χ2n) is 8.49. The fourth-order valence-electron chi connectivity index (χ4n) is 4.12. The van der Waals surface area contributed by atoms with E-state index in [0.29, 0.717) is 27.2 Å². The minimum absolute atomic E-state index is 0.199. The van der Waals surface area contributed by atoms with Gasteiger partial charge in [-0.3, -0.25) is 9.36 Å². The lowest BCUT2D eigenvalue weighted by Gasteiger charge is -2.24. The van der Waals surface area contributed by atoms with Crippen molar-refractivity contribution in [2.24, 2.45) is 4.99 Å². The van der Waals surface area contributed by atoms with E-state index in [-0.39, 0.29) is 5.56 Å². The molecule has 2 aromatic carbocycles. The van der Waals surface area contributed by atoms with E-state index in [0.717, 1.165) is 36.1 Å². The van der Waals surface area contributed by atoms with E-state index in [2.05, 4.69) is 11.9 Å². The zero-order valence-electron chi connectivity index (χ0n) is 20.8. The van der Waals surface area contributed by atoms with Crippen molar-refractivity contribution in [2.75, 3.05) is 13.7 Å². The summed E-state index contributed by atoms with van der Waals surface area (Å²) >= 11 is 1.31. The Labute approximate surface area is 214 Å². The fourth-order valence-corrected chi connectivity index (χ4v) is 5.12. The Morgan fingerprint density at radius 1 is 1.11 bits per heavy atom. The number of hydrogen-bond acceptors (Lipinski definition) is 6. The van der Waals surface area contributed by atoms with Crippen LogP contribution < -0.4 is 19.6 Å². The fraction of sp³-hybridized carbons (Fsp3) is 0.276. The number of thiazole rings is 1. The number of carbonyl (C=O) groups is 1. The standard InChI is InChI=1S/C29H30N2O4S/c1-4-5-9-19-35-23-17-15-22(16-18-23)26-25(28(33)34-3)20(2)30-29-31(26)27(32)24(36-29)14-10-13-21-11-7-6-8-12-21/h6-8,10-18,26H,4-5,9,19H2,1-3H3. The van der Waals surface area contributed by atoms with Crippen molar-refractivity contribution in [3.63, 3.8) is 0 Å². The average molecular weight is 503 g/mol. The molecule has 0 radical (unpaired) electrons. The van der Waals surface area contributed by atoms with Crippen LogP contribution in [0, 0.1) is 0 Å². The summed E-state index contributed by atoms with van der Waals surface area (Å²) in [5.41, 5.74) is 2.53. The normalized spacial score (nSPS) is 15.6. The Morgan fingerprint density at radius 2 is 1.86 bits per heavy atom. The van der Waals surface area contributed by atoms with Crippen LogP contribution in [-0.2, 0) is 9.53 Å². The molecule has 1 unspecified atom stereocenters. The first kappa shape index (κ1) is 25.4. The smallest absolute Gasteiger partial charge is 0.338 e. The molecule has 0 bridgehead atoms. The monoisotopic (exact) mass is 502 g/mol. The first-order valence-corrected chi connectivity index (χ1v) is 12.9. The highest BCUT2D eigenvalue weighted by molar-refractivity contribution is 7.07. The Balaban J connectivity index is 1.73. The van der Waals surface area contributed by atoms with E-state index in [1.54, 1.807) is 17.6 Å². The number of fused-ring (bicyclic) bond motifs is 1. The number of benzene rings is 2. The van der Waals surface area contributed by atoms with Gasteiger partial charge >= 0.3 is 5.97 Å². The van der Waals surface area contributed by atoms with Gasteiger partial charge in [0.05, 0.1) is 35.6 Å². The molecule has 0 spiro atoms. The van der Waals surface area contributed by atoms with Gasteiger partial charge in [-0.05, 0) is 42.7 Å². The number of methoxy groups -OCH3 is 1. The summed E-state index contributed by atoms with van der Waals surface area (Å²) in [5.74, 6) is 0.257. The maximum absolute atomic E-state index is 13.5. The van der Waals surface area contributed by atoms with Gasteiger partial charge in [0.2, 0.25) is 0 Å². The topological polar surface area (TPSA) is 69.9 Å². The first-order chi connectivity index (χ1) is 17.5. The van der Waals surface area contributed by atoms with Crippen molar-refractivity contribution in [1.29, 1.82) is 0 Å². The largest absolute Gasteiger partial charge is 0.494 e. The Hall–Kier alpha value is -3.71. The van der Waals surface area contributed by atoms with Gasteiger partial charge in [-0.15, -0.1) is 0 Å². The number of nitrogens with zero attached hydrogens (tertiary/aromatic N) is 2. The Kier molecular flexibility index (Phi) is 8.33. The van der Waals surface area contributed by atoms with Gasteiger partial charge in [0, 0.05) is 0 Å². The lowest BCUT2D eigenvalue weighted by atomic mass is 9.96. The molecule has 186 valence electrons. The molecule has 3 aromatic rings. The highest BCUT2D eigenvalue weighted by Gasteiger charge is 2.33. The van der Waals surface area contributed by atoms with Crippen LogP contribution in [0.2, 0.25) is 0 Å². The van der Waals surface area contributed by atoms with Crippen LogP contribution in [0.25, 0.3) is 12.2 Å². The van der Waals surface area contributed by atoms with E-state index < -0.39 is 12.0 Å². The van der Waals surface area contributed by atoms with Crippen LogP contribution in [0.5, 0.6) is 5.75 Å². The molecule has 0 amide bonds. The number of allylic oxidation sites excluding steroid dienone is 2. The molecule has 0 saturated heterocycles. The van der Waals surface area contributed by atoms with Crippen LogP contribution in [0.15, 0.2) is 81.7 Å². The van der Waals surface area contributed by atoms with Crippen LogP contribution in [0.4, 0.5) is 0 Å². The molecule has 1 atom stereocenters. The van der Waals surface area contributed by atoms with Gasteiger partial charge in [0.15, 0.2) is 4.80 Å². The predicted molar refractivity (Wildman–Crippen MR) is 144 cm³/mol. The maximum atomic E-state index is 13.5. The van der Waals surface area contributed by atoms with E-state index in [4.69, 9.17) is 9.47 Å². The zero-order valence-corrected chi connectivity index (χ0v) is 21.6. The summed E-state index contributed by atoms with van der Waals surface area (Å²) in [6, 6.07) is 16.8. The number of ether oxygens (including phenoxy) is 2. The van der Waals surface area contributed by atoms with Crippen molar-refractivity contribution in [1.82, 2.24) is 4.57 Å². The number of unbranched alkanes of at least 4 members (excludes halogenated alkanes) is 2. The average Bonchev–Trinajstić information content (AvgIpc) is 3.21. The molecule has 0 aliphatic carbocycles. The van der Waals surface area contributed by atoms with Crippen molar-refractivity contribution in [3.05, 3.63) is 103 Å². The van der Waals surface area contributed by atoms with Gasteiger partial charge in [-0.1, -0.05) is 85.7 Å². The quantitative estimate of drug-likeness (QED) is 0.316. The molecule has 1 aliphatic heterocycles. The van der Waals surface area contributed by atoms with Gasteiger partial charge < -0.3 is 9.47 Å². The minimum Gasteiger partial charge on any atom is -0.494 e. The molecular weight excluding hydrogens is 472 g/mol. The first-order valence-electron chi connectivity index (χ1n) is 12.1. The van der Waals surface area contributed by atoms with Crippen LogP contribution in [0.3, 0.4) is 0 Å². The molecule has 0 saturated carbocycles. The van der Waals surface area contributed by atoms with Crippen LogP contribution >= 0.6 is 11.3 Å². The van der Waals surface area contributed by atoms with E-state index in [9.17, 15) is 9.59 Å². The van der Waals surface area contributed by atoms with Gasteiger partial charge in [-0.2, -0.15) is 0 Å². The van der Waals surface area contributed by atoms with Crippen LogP contribution in [0.1, 0.15) is 50.3 Å². The minimum atomic E-state index is -0.636. The summed E-state index contributed by atoms with van der Waals surface area (Å²) in [4.78, 5) is 31.5. The Bertz CT molecular complexity index is 1450. The molecule has 6 nitrogen and oxygen atoms in total. The molecule has 36 heavy (non-hydrogen) atoms. The third-order valence-electron chi connectivity index (χ3n) is 5.98. The van der Waals surface area contributed by atoms with E-state index in [1.165, 1.54) is 18.4 Å². The lowest BCUT2D eigenvalue weighted by molar-refractivity contribution is -0.136. The zero-order chi connectivity index (χ0) is 25.5. The predicted octanol–water partition coefficient (Wildman–Crippen LogP) is 4.64. The molecule has 7 heteroatoms. The highest BCUT2D eigenvalue weighted by atomic mass is 32.1. The summed E-state index contributed by atoms with van der Waals surface area (Å²) in [6.07, 6.45) is 8.85. The summed E-state index contributed by atoms with van der Waals surface area (Å²) in [5, 5.41) is 0. The molecule has 1 aromatic heterocycles. The number of esters is 1. The third-order valence-corrected chi connectivity index (χ3v) is 6.98. The van der Waals surface area contributed by atoms with Crippen molar-refractivity contribution >= 4 is 29.5 Å². The summed E-state index contributed by atoms with van der Waals surface area (Å²) in [6.45, 7) is 4.59. The molecule has 4 rings (SSSR count). The lowest BCUT2D eigenvalue weighted by Crippen LogP contribution is -2.39. The van der Waals surface area contributed by atoms with Crippen molar-refractivity contribution in [3.8, 4) is 5.75 Å². The SMILES string of the molecule is CCCCCOc1ccc(C2C(C(=O)OC)=C(C)N=c3sc(=CC=Cc4ccccc4)c(=O)n32)cc1. The van der Waals surface area contributed by atoms with E-state index in [1.807, 2.05) is 66.7 Å². The van der Waals surface area contributed by atoms with Crippen molar-refractivity contribution < 1.29 is 14.3 Å². The second kappa shape index (κ2) is 11.8. The highest BCUT2D eigenvalue weighted by Crippen LogP contribution is 2.31. The number of aromatic nitrogens is 1. The molecular formula is C29H30N2O4S. The van der Waals surface area contributed by atoms with Gasteiger partial charge in [0.25, 0.3) is 5.56 Å². The Morgan fingerprint density at radius 3 is 2.56 bits per heavy atom. The third kappa shape index (κ3) is 5.57. The van der Waals surface area contributed by atoms with Gasteiger partial charge in [0.1, 0.15) is 5.75 Å². The van der Waals surface area contributed by atoms with E-state index >= 15 is 0 Å². The second-order valence-corrected chi connectivity index (χ2v) is 9.50. The maximum Gasteiger partial charge on any atom is 0.338 e. The summed E-state index contributed by atoms with van der Waals surface area (Å²) < 4.78 is 13.0. The molecule has 0 N–H and O–H groups in total. The molecule has 2 heterocycles. The number of rotatable bonds is 9. The molecule has 0 fully saturated rings. The van der Waals surface area contributed by atoms with Gasteiger partial charge in [-0.25, -0.2) is 9.79 Å². The number of hydrogen-bond donors (Lipinski definition) is 0.